The number of amides is 1. The zero-order chi connectivity index (χ0) is 19.0. The molecule has 1 N–H and O–H groups in total. The Morgan fingerprint density at radius 1 is 1.12 bits per heavy atom. The average molecular weight is 362 g/mol. The van der Waals surface area contributed by atoms with Crippen LogP contribution in [0.15, 0.2) is 22.2 Å². The van der Waals surface area contributed by atoms with Crippen LogP contribution in [0, 0.1) is 4.91 Å². The Balaban J connectivity index is 2.64. The lowest BCUT2D eigenvalue weighted by atomic mass is 9.77. The Kier molecular flexibility index (Phi) is 5.44. The van der Waals surface area contributed by atoms with Gasteiger partial charge in [0.25, 0.3) is 5.91 Å². The first-order valence-electron chi connectivity index (χ1n) is 8.35. The summed E-state index contributed by atoms with van der Waals surface area (Å²) in [5, 5.41) is 4.93. The molecule has 1 fully saturated rings. The third kappa shape index (κ3) is 4.12. The summed E-state index contributed by atoms with van der Waals surface area (Å²) in [6.45, 7) is 12.4. The lowest BCUT2D eigenvalue weighted by molar-refractivity contribution is -0.126. The largest absolute Gasteiger partial charge is 0.275 e. The molecular weight excluding hydrogens is 334 g/mol. The van der Waals surface area contributed by atoms with Gasteiger partial charge in [0.1, 0.15) is 5.69 Å². The van der Waals surface area contributed by atoms with Crippen LogP contribution in [0.3, 0.4) is 0 Å². The first-order valence-corrected chi connectivity index (χ1v) is 9.33. The fourth-order valence-electron chi connectivity index (χ4n) is 2.79. The fourth-order valence-corrected chi connectivity index (χ4v) is 3.76. The summed E-state index contributed by atoms with van der Waals surface area (Å²) in [5.41, 5.74) is 5.70. The number of nitrogens with one attached hydrogen (secondary N) is 1. The summed E-state index contributed by atoms with van der Waals surface area (Å²) in [5.74, 6) is 0.563. The molecule has 1 aromatic rings. The van der Waals surface area contributed by atoms with Crippen LogP contribution in [0.25, 0.3) is 6.08 Å². The number of hydrazine groups is 1. The van der Waals surface area contributed by atoms with Crippen molar-refractivity contribution < 1.29 is 4.79 Å². The highest BCUT2D eigenvalue weighted by Gasteiger charge is 2.29. The number of nitroso groups, excluding NO2 is 1. The van der Waals surface area contributed by atoms with Crippen LogP contribution in [-0.2, 0) is 15.6 Å². The summed E-state index contributed by atoms with van der Waals surface area (Å²) < 4.78 is 0. The van der Waals surface area contributed by atoms with E-state index < -0.39 is 0 Å². The zero-order valence-corrected chi connectivity index (χ0v) is 16.9. The molecule has 1 aromatic carbocycles. The van der Waals surface area contributed by atoms with Gasteiger partial charge in [0.05, 0.1) is 10.8 Å². The van der Waals surface area contributed by atoms with Crippen LogP contribution in [-0.4, -0.2) is 23.8 Å². The van der Waals surface area contributed by atoms with Gasteiger partial charge in [0.15, 0.2) is 0 Å². The van der Waals surface area contributed by atoms with Gasteiger partial charge >= 0.3 is 0 Å². The molecule has 0 unspecified atom stereocenters. The summed E-state index contributed by atoms with van der Waals surface area (Å²) >= 11 is 1.50. The van der Waals surface area contributed by atoms with Gasteiger partial charge in [-0.1, -0.05) is 53.3 Å². The summed E-state index contributed by atoms with van der Waals surface area (Å²) in [6, 6.07) is 3.96. The van der Waals surface area contributed by atoms with Crippen molar-refractivity contribution in [1.29, 1.82) is 0 Å². The van der Waals surface area contributed by atoms with Gasteiger partial charge in [-0.05, 0) is 50.9 Å². The molecule has 1 amide bonds. The lowest BCUT2D eigenvalue weighted by Crippen LogP contribution is -2.35. The van der Waals surface area contributed by atoms with Gasteiger partial charge in [0, 0.05) is 7.05 Å². The Morgan fingerprint density at radius 3 is 2.00 bits per heavy atom. The minimum Gasteiger partial charge on any atom is -0.267 e. The van der Waals surface area contributed by atoms with E-state index in [9.17, 15) is 9.70 Å². The standard InChI is InChI=1S/C19H27N3O2S/c1-18(2,3)13-8-12(9-14(16(13)21-24)19(4,5)6)10-15-17(23)22(20-7)11-25-15/h8-10,20H,11H2,1-7H3/b15-10-. The number of carbonyl (C=O) groups is 1. The van der Waals surface area contributed by atoms with E-state index in [0.29, 0.717) is 16.5 Å². The highest BCUT2D eigenvalue weighted by Crippen LogP contribution is 2.41. The normalized spacial score (nSPS) is 17.5. The van der Waals surface area contributed by atoms with Crippen molar-refractivity contribution in [2.75, 3.05) is 12.9 Å². The maximum atomic E-state index is 12.3. The zero-order valence-electron chi connectivity index (χ0n) is 16.1. The molecule has 0 saturated carbocycles. The van der Waals surface area contributed by atoms with E-state index in [0.717, 1.165) is 16.7 Å². The van der Waals surface area contributed by atoms with E-state index in [1.807, 2.05) is 18.2 Å². The summed E-state index contributed by atoms with van der Waals surface area (Å²) in [6.07, 6.45) is 1.91. The number of hydrogen-bond donors (Lipinski definition) is 1. The van der Waals surface area contributed by atoms with Crippen molar-refractivity contribution in [2.45, 2.75) is 52.4 Å². The molecule has 1 heterocycles. The van der Waals surface area contributed by atoms with Crippen LogP contribution >= 0.6 is 11.8 Å². The second-order valence-electron chi connectivity index (χ2n) is 8.29. The van der Waals surface area contributed by atoms with E-state index in [-0.39, 0.29) is 16.7 Å². The minimum atomic E-state index is -0.221. The third-order valence-electron chi connectivity index (χ3n) is 4.21. The second-order valence-corrected chi connectivity index (χ2v) is 9.28. The fraction of sp³-hybridized carbons (Fsp3) is 0.526. The van der Waals surface area contributed by atoms with Crippen LogP contribution in [0.1, 0.15) is 58.2 Å². The number of carbonyl (C=O) groups excluding carboxylic acids is 1. The van der Waals surface area contributed by atoms with Gasteiger partial charge in [0.2, 0.25) is 0 Å². The molecule has 1 aliphatic heterocycles. The molecule has 1 saturated heterocycles. The quantitative estimate of drug-likeness (QED) is 0.627. The molecule has 5 nitrogen and oxygen atoms in total. The topological polar surface area (TPSA) is 61.8 Å². The van der Waals surface area contributed by atoms with Gasteiger partial charge in [-0.3, -0.25) is 9.80 Å². The molecule has 0 aromatic heterocycles. The van der Waals surface area contributed by atoms with Crippen molar-refractivity contribution in [3.63, 3.8) is 0 Å². The highest BCUT2D eigenvalue weighted by molar-refractivity contribution is 8.04. The number of thioether (sulfide) groups is 1. The first kappa shape index (κ1) is 19.7. The number of nitrogens with zero attached hydrogens (tertiary/aromatic N) is 2. The first-order chi connectivity index (χ1) is 11.5. The Labute approximate surface area is 154 Å². The number of benzene rings is 1. The van der Waals surface area contributed by atoms with Crippen molar-refractivity contribution in [2.24, 2.45) is 5.18 Å². The van der Waals surface area contributed by atoms with Gasteiger partial charge in [-0.25, -0.2) is 5.43 Å². The predicted molar refractivity (Wildman–Crippen MR) is 106 cm³/mol. The SMILES string of the molecule is CNN1CS/C(=C\c2cc(C(C)(C)C)c(N=O)c(C(C)(C)C)c2)C1=O. The molecule has 136 valence electrons. The molecule has 0 aliphatic carbocycles. The van der Waals surface area contributed by atoms with Crippen molar-refractivity contribution in [3.8, 4) is 0 Å². The molecule has 25 heavy (non-hydrogen) atoms. The van der Waals surface area contributed by atoms with E-state index in [4.69, 9.17) is 0 Å². The van der Waals surface area contributed by atoms with Gasteiger partial charge < -0.3 is 0 Å². The van der Waals surface area contributed by atoms with E-state index in [1.54, 1.807) is 12.1 Å². The minimum absolute atomic E-state index is 0.0280. The smallest absolute Gasteiger partial charge is 0.267 e. The van der Waals surface area contributed by atoms with Crippen LogP contribution in [0.4, 0.5) is 5.69 Å². The van der Waals surface area contributed by atoms with E-state index in [2.05, 4.69) is 52.1 Å². The van der Waals surface area contributed by atoms with E-state index in [1.165, 1.54) is 11.8 Å². The van der Waals surface area contributed by atoms with Gasteiger partial charge in [-0.15, -0.1) is 4.91 Å². The van der Waals surface area contributed by atoms with E-state index >= 15 is 0 Å². The molecule has 2 rings (SSSR count). The van der Waals surface area contributed by atoms with Crippen LogP contribution in [0.2, 0.25) is 0 Å². The highest BCUT2D eigenvalue weighted by atomic mass is 32.2. The molecule has 0 spiro atoms. The Bertz CT molecular complexity index is 692. The van der Waals surface area contributed by atoms with Gasteiger partial charge in [-0.2, -0.15) is 0 Å². The Morgan fingerprint density at radius 2 is 1.64 bits per heavy atom. The molecule has 6 heteroatoms. The van der Waals surface area contributed by atoms with Crippen molar-refractivity contribution in [1.82, 2.24) is 10.4 Å². The van der Waals surface area contributed by atoms with Crippen molar-refractivity contribution in [3.05, 3.63) is 38.6 Å². The van der Waals surface area contributed by atoms with Crippen LogP contribution in [0.5, 0.6) is 0 Å². The monoisotopic (exact) mass is 361 g/mol. The van der Waals surface area contributed by atoms with Crippen LogP contribution < -0.4 is 5.43 Å². The average Bonchev–Trinajstić information content (AvgIpc) is 2.85. The molecule has 0 atom stereocenters. The molecular formula is C19H27N3O2S. The predicted octanol–water partition coefficient (Wildman–Crippen LogP) is 4.69. The molecule has 0 bridgehead atoms. The number of rotatable bonds is 3. The third-order valence-corrected chi connectivity index (χ3v) is 5.20. The second kappa shape index (κ2) is 6.92. The summed E-state index contributed by atoms with van der Waals surface area (Å²) in [7, 11) is 1.74. The lowest BCUT2D eigenvalue weighted by Gasteiger charge is -2.27. The maximum Gasteiger partial charge on any atom is 0.275 e. The number of hydrogen-bond acceptors (Lipinski definition) is 5. The molecule has 1 aliphatic rings. The Hall–Kier alpha value is -1.66. The van der Waals surface area contributed by atoms with Crippen molar-refractivity contribution >= 4 is 29.4 Å². The maximum absolute atomic E-state index is 12.3. The molecule has 0 radical (unpaired) electrons. The summed E-state index contributed by atoms with van der Waals surface area (Å²) in [4.78, 5) is 24.6.